The molecule has 0 atom stereocenters. The molecule has 20 heavy (non-hydrogen) atoms. The van der Waals surface area contributed by atoms with E-state index in [2.05, 4.69) is 15.8 Å². The van der Waals surface area contributed by atoms with Gasteiger partial charge in [-0.3, -0.25) is 5.43 Å². The Morgan fingerprint density at radius 1 is 1.40 bits per heavy atom. The van der Waals surface area contributed by atoms with Gasteiger partial charge in [0.1, 0.15) is 0 Å². The second-order valence-electron chi connectivity index (χ2n) is 4.73. The lowest BCUT2D eigenvalue weighted by Gasteiger charge is -2.17. The van der Waals surface area contributed by atoms with Crippen molar-refractivity contribution in [1.29, 1.82) is 0 Å². The van der Waals surface area contributed by atoms with Crippen LogP contribution in [-0.2, 0) is 0 Å². The lowest BCUT2D eigenvalue weighted by molar-refractivity contribution is 0.304. The van der Waals surface area contributed by atoms with Crippen molar-refractivity contribution in [3.8, 4) is 0 Å². The Morgan fingerprint density at radius 3 is 2.60 bits per heavy atom. The summed E-state index contributed by atoms with van der Waals surface area (Å²) >= 11 is 5.06. The van der Waals surface area contributed by atoms with Crippen molar-refractivity contribution in [3.05, 3.63) is 29.8 Å². The van der Waals surface area contributed by atoms with Crippen molar-refractivity contribution in [3.63, 3.8) is 0 Å². The van der Waals surface area contributed by atoms with Gasteiger partial charge in [0.15, 0.2) is 5.11 Å². The van der Waals surface area contributed by atoms with Crippen LogP contribution in [0.1, 0.15) is 19.4 Å². The molecule has 0 saturated heterocycles. The summed E-state index contributed by atoms with van der Waals surface area (Å²) in [6.07, 6.45) is 1.71. The van der Waals surface area contributed by atoms with Crippen molar-refractivity contribution in [2.24, 2.45) is 5.10 Å². The number of aliphatic hydroxyl groups is 1. The van der Waals surface area contributed by atoms with Gasteiger partial charge in [0.2, 0.25) is 0 Å². The highest BCUT2D eigenvalue weighted by molar-refractivity contribution is 7.80. The van der Waals surface area contributed by atoms with Gasteiger partial charge in [-0.05, 0) is 43.8 Å². The molecule has 1 aromatic rings. The van der Waals surface area contributed by atoms with Crippen molar-refractivity contribution in [2.45, 2.75) is 19.9 Å². The average molecular weight is 294 g/mol. The summed E-state index contributed by atoms with van der Waals surface area (Å²) in [6.45, 7) is 4.78. The minimum atomic E-state index is 0.143. The number of nitrogens with one attached hydrogen (secondary N) is 2. The molecular weight excluding hydrogens is 272 g/mol. The van der Waals surface area contributed by atoms with E-state index in [1.165, 1.54) is 0 Å². The Balaban J connectivity index is 2.51. The number of rotatable bonds is 6. The fraction of sp³-hybridized carbons (Fsp3) is 0.429. The maximum absolute atomic E-state index is 8.89. The molecule has 0 spiro atoms. The van der Waals surface area contributed by atoms with Gasteiger partial charge in [-0.2, -0.15) is 5.10 Å². The van der Waals surface area contributed by atoms with E-state index >= 15 is 0 Å². The van der Waals surface area contributed by atoms with Crippen molar-refractivity contribution >= 4 is 29.2 Å². The van der Waals surface area contributed by atoms with Crippen LogP contribution in [0.4, 0.5) is 5.69 Å². The third-order valence-electron chi connectivity index (χ3n) is 2.57. The van der Waals surface area contributed by atoms with Crippen LogP contribution in [0.25, 0.3) is 0 Å². The number of likely N-dealkylation sites (N-methyl/N-ethyl adjacent to an activating group) is 1. The van der Waals surface area contributed by atoms with E-state index in [4.69, 9.17) is 17.3 Å². The summed E-state index contributed by atoms with van der Waals surface area (Å²) in [5.41, 5.74) is 4.80. The molecule has 110 valence electrons. The Kier molecular flexibility index (Phi) is 6.97. The van der Waals surface area contributed by atoms with Crippen LogP contribution >= 0.6 is 12.2 Å². The molecule has 0 aliphatic rings. The molecular formula is C14H22N4OS. The quantitative estimate of drug-likeness (QED) is 0.420. The van der Waals surface area contributed by atoms with Crippen LogP contribution in [0, 0.1) is 0 Å². The number of hydrazone groups is 1. The number of anilines is 1. The lowest BCUT2D eigenvalue weighted by Crippen LogP contribution is -2.36. The van der Waals surface area contributed by atoms with E-state index in [1.54, 1.807) is 6.21 Å². The van der Waals surface area contributed by atoms with Crippen LogP contribution in [0.2, 0.25) is 0 Å². The number of hydrogen-bond donors (Lipinski definition) is 3. The largest absolute Gasteiger partial charge is 0.395 e. The van der Waals surface area contributed by atoms with Crippen molar-refractivity contribution in [2.75, 3.05) is 25.1 Å². The van der Waals surface area contributed by atoms with E-state index in [9.17, 15) is 0 Å². The molecule has 0 aliphatic heterocycles. The van der Waals surface area contributed by atoms with Gasteiger partial charge in [-0.25, -0.2) is 0 Å². The molecule has 3 N–H and O–H groups in total. The molecule has 1 aromatic carbocycles. The summed E-state index contributed by atoms with van der Waals surface area (Å²) in [5, 5.41) is 16.5. The zero-order valence-corrected chi connectivity index (χ0v) is 12.9. The van der Waals surface area contributed by atoms with E-state index in [0.29, 0.717) is 11.7 Å². The fourth-order valence-electron chi connectivity index (χ4n) is 1.55. The molecule has 0 aromatic heterocycles. The first kappa shape index (κ1) is 16.4. The van der Waals surface area contributed by atoms with Crippen molar-refractivity contribution < 1.29 is 5.11 Å². The summed E-state index contributed by atoms with van der Waals surface area (Å²) < 4.78 is 0. The normalized spacial score (nSPS) is 10.8. The second-order valence-corrected chi connectivity index (χ2v) is 5.14. The zero-order chi connectivity index (χ0) is 15.0. The summed E-state index contributed by atoms with van der Waals surface area (Å²) in [4.78, 5) is 1.99. The first-order valence-electron chi connectivity index (χ1n) is 6.54. The first-order valence-corrected chi connectivity index (χ1v) is 6.95. The molecule has 6 heteroatoms. The Bertz CT molecular complexity index is 445. The van der Waals surface area contributed by atoms with Crippen LogP contribution < -0.4 is 15.6 Å². The molecule has 0 fully saturated rings. The topological polar surface area (TPSA) is 59.9 Å². The SMILES string of the molecule is CC(C)NC(=S)NN=Cc1ccc(N(C)CCO)cc1. The van der Waals surface area contributed by atoms with Gasteiger partial charge >= 0.3 is 0 Å². The van der Waals surface area contributed by atoms with Gasteiger partial charge in [0.05, 0.1) is 12.8 Å². The number of thiocarbonyl (C=S) groups is 1. The minimum absolute atomic E-state index is 0.143. The Morgan fingerprint density at radius 2 is 2.05 bits per heavy atom. The van der Waals surface area contributed by atoms with Gasteiger partial charge in [0.25, 0.3) is 0 Å². The number of hydrogen-bond acceptors (Lipinski definition) is 4. The number of aliphatic hydroxyl groups excluding tert-OH is 1. The Hall–Kier alpha value is -1.66. The molecule has 0 radical (unpaired) electrons. The van der Waals surface area contributed by atoms with Gasteiger partial charge in [-0.1, -0.05) is 12.1 Å². The summed E-state index contributed by atoms with van der Waals surface area (Å²) in [6, 6.07) is 8.19. The van der Waals surface area contributed by atoms with Crippen LogP contribution in [0.5, 0.6) is 0 Å². The van der Waals surface area contributed by atoms with E-state index in [-0.39, 0.29) is 12.6 Å². The maximum atomic E-state index is 8.89. The van der Waals surface area contributed by atoms with Gasteiger partial charge < -0.3 is 15.3 Å². The predicted molar refractivity (Wildman–Crippen MR) is 88.4 cm³/mol. The summed E-state index contributed by atoms with van der Waals surface area (Å²) in [5.74, 6) is 0. The number of nitrogens with zero attached hydrogens (tertiary/aromatic N) is 2. The highest BCUT2D eigenvalue weighted by Crippen LogP contribution is 2.12. The monoisotopic (exact) mass is 294 g/mol. The van der Waals surface area contributed by atoms with E-state index < -0.39 is 0 Å². The first-order chi connectivity index (χ1) is 9.52. The maximum Gasteiger partial charge on any atom is 0.187 e. The molecule has 0 bridgehead atoms. The van der Waals surface area contributed by atoms with Crippen LogP contribution in [-0.4, -0.2) is 42.7 Å². The van der Waals surface area contributed by atoms with Crippen LogP contribution in [0.3, 0.4) is 0 Å². The highest BCUT2D eigenvalue weighted by Gasteiger charge is 1.99. The Labute approximate surface area is 125 Å². The highest BCUT2D eigenvalue weighted by atomic mass is 32.1. The van der Waals surface area contributed by atoms with Gasteiger partial charge in [0, 0.05) is 25.3 Å². The van der Waals surface area contributed by atoms with E-state index in [1.807, 2.05) is 50.1 Å². The molecule has 0 amide bonds. The fourth-order valence-corrected chi connectivity index (χ4v) is 1.84. The summed E-state index contributed by atoms with van der Waals surface area (Å²) in [7, 11) is 1.94. The standard InChI is InChI=1S/C14H22N4OS/c1-11(2)16-14(20)17-15-10-12-4-6-13(7-5-12)18(3)8-9-19/h4-7,10-11,19H,8-9H2,1-3H3,(H2,16,17,20). The zero-order valence-electron chi connectivity index (χ0n) is 12.1. The van der Waals surface area contributed by atoms with E-state index in [0.717, 1.165) is 11.3 Å². The molecule has 1 rings (SSSR count). The molecule has 0 saturated carbocycles. The molecule has 0 unspecified atom stereocenters. The number of benzene rings is 1. The minimum Gasteiger partial charge on any atom is -0.395 e. The smallest absolute Gasteiger partial charge is 0.187 e. The third kappa shape index (κ3) is 5.99. The van der Waals surface area contributed by atoms with Crippen molar-refractivity contribution in [1.82, 2.24) is 10.7 Å². The molecule has 0 heterocycles. The predicted octanol–water partition coefficient (Wildman–Crippen LogP) is 1.32. The second kappa shape index (κ2) is 8.50. The molecule has 0 aliphatic carbocycles. The average Bonchev–Trinajstić information content (AvgIpc) is 2.39. The van der Waals surface area contributed by atoms with Crippen LogP contribution in [0.15, 0.2) is 29.4 Å². The molecule has 5 nitrogen and oxygen atoms in total. The lowest BCUT2D eigenvalue weighted by atomic mass is 10.2. The van der Waals surface area contributed by atoms with Gasteiger partial charge in [-0.15, -0.1) is 0 Å². The third-order valence-corrected chi connectivity index (χ3v) is 2.78.